The van der Waals surface area contributed by atoms with Gasteiger partial charge in [-0.15, -0.1) is 0 Å². The molecular formula is C26H42N2O. The molecule has 0 N–H and O–H groups in total. The van der Waals surface area contributed by atoms with E-state index in [1.165, 1.54) is 49.7 Å². The molecule has 29 heavy (non-hydrogen) atoms. The van der Waals surface area contributed by atoms with Crippen LogP contribution in [0.2, 0.25) is 0 Å². The molecule has 162 valence electrons. The van der Waals surface area contributed by atoms with Crippen LogP contribution in [-0.2, 0) is 6.54 Å². The summed E-state index contributed by atoms with van der Waals surface area (Å²) in [6, 6.07) is 8.53. The first kappa shape index (κ1) is 23.5. The highest BCUT2D eigenvalue weighted by Crippen LogP contribution is 2.21. The van der Waals surface area contributed by atoms with Gasteiger partial charge in [-0.2, -0.15) is 0 Å². The molecule has 0 saturated carbocycles. The molecule has 0 aromatic heterocycles. The van der Waals surface area contributed by atoms with Gasteiger partial charge in [-0.3, -0.25) is 4.90 Å². The molecule has 0 bridgehead atoms. The molecule has 0 radical (unpaired) electrons. The van der Waals surface area contributed by atoms with Gasteiger partial charge in [0, 0.05) is 19.3 Å². The van der Waals surface area contributed by atoms with Gasteiger partial charge in [0.15, 0.2) is 0 Å². The normalized spacial score (nSPS) is 13.2. The molecule has 1 aromatic carbocycles. The fourth-order valence-electron chi connectivity index (χ4n) is 3.93. The number of hydrogen-bond donors (Lipinski definition) is 0. The zero-order chi connectivity index (χ0) is 21.1. The number of fused-ring (bicyclic) bond motifs is 1. The molecule has 3 nitrogen and oxygen atoms in total. The van der Waals surface area contributed by atoms with E-state index in [-0.39, 0.29) is 6.03 Å². The predicted molar refractivity (Wildman–Crippen MR) is 125 cm³/mol. The molecule has 0 atom stereocenters. The third kappa shape index (κ3) is 8.64. The zero-order valence-corrected chi connectivity index (χ0v) is 19.2. The lowest BCUT2D eigenvalue weighted by Gasteiger charge is -2.31. The summed E-state index contributed by atoms with van der Waals surface area (Å²) in [4.78, 5) is 17.2. The Morgan fingerprint density at radius 3 is 2.07 bits per heavy atom. The number of urea groups is 1. The summed E-state index contributed by atoms with van der Waals surface area (Å²) in [5.74, 6) is 1.54. The molecule has 0 fully saturated rings. The summed E-state index contributed by atoms with van der Waals surface area (Å²) < 4.78 is 0. The number of carbonyl (C=O) groups is 1. The second kappa shape index (κ2) is 12.7. The second-order valence-electron chi connectivity index (χ2n) is 9.40. The van der Waals surface area contributed by atoms with Crippen LogP contribution in [0, 0.1) is 11.8 Å². The van der Waals surface area contributed by atoms with Crippen molar-refractivity contribution in [2.24, 2.45) is 11.8 Å². The maximum Gasteiger partial charge on any atom is 0.324 e. The SMILES string of the molecule is CC(C)CCCCCN(CCCCCC(C)C)C(=O)N1C=Cc2ccccc2C1. The summed E-state index contributed by atoms with van der Waals surface area (Å²) in [5, 5.41) is 0. The van der Waals surface area contributed by atoms with Crippen LogP contribution in [0.5, 0.6) is 0 Å². The van der Waals surface area contributed by atoms with Crippen molar-refractivity contribution in [2.75, 3.05) is 13.1 Å². The topological polar surface area (TPSA) is 23.6 Å². The van der Waals surface area contributed by atoms with E-state index in [2.05, 4.69) is 62.9 Å². The van der Waals surface area contributed by atoms with Gasteiger partial charge in [0.2, 0.25) is 0 Å². The van der Waals surface area contributed by atoms with Crippen LogP contribution in [-0.4, -0.2) is 28.9 Å². The first-order valence-corrected chi connectivity index (χ1v) is 11.8. The van der Waals surface area contributed by atoms with Crippen molar-refractivity contribution in [3.05, 3.63) is 41.6 Å². The Kier molecular flexibility index (Phi) is 10.3. The minimum atomic E-state index is 0.170. The predicted octanol–water partition coefficient (Wildman–Crippen LogP) is 7.33. The first-order chi connectivity index (χ1) is 14.0. The third-order valence-electron chi connectivity index (χ3n) is 5.77. The van der Waals surface area contributed by atoms with Crippen LogP contribution in [0.25, 0.3) is 6.08 Å². The van der Waals surface area contributed by atoms with E-state index in [0.29, 0.717) is 6.54 Å². The molecular weight excluding hydrogens is 356 g/mol. The molecule has 1 aromatic rings. The molecule has 1 aliphatic rings. The molecule has 2 amide bonds. The van der Waals surface area contributed by atoms with Crippen LogP contribution in [0.3, 0.4) is 0 Å². The number of carbonyl (C=O) groups excluding carboxylic acids is 1. The van der Waals surface area contributed by atoms with Crippen molar-refractivity contribution in [3.63, 3.8) is 0 Å². The van der Waals surface area contributed by atoms with E-state index >= 15 is 0 Å². The Balaban J connectivity index is 1.87. The van der Waals surface area contributed by atoms with Gasteiger partial charge in [0.25, 0.3) is 0 Å². The Hall–Kier alpha value is -1.77. The summed E-state index contributed by atoms with van der Waals surface area (Å²) >= 11 is 0. The van der Waals surface area contributed by atoms with Crippen LogP contribution in [0.4, 0.5) is 4.79 Å². The van der Waals surface area contributed by atoms with Crippen molar-refractivity contribution in [1.82, 2.24) is 9.80 Å². The monoisotopic (exact) mass is 398 g/mol. The maximum absolute atomic E-state index is 13.3. The smallest absolute Gasteiger partial charge is 0.324 e. The number of nitrogens with zero attached hydrogens (tertiary/aromatic N) is 2. The van der Waals surface area contributed by atoms with Crippen molar-refractivity contribution >= 4 is 12.1 Å². The van der Waals surface area contributed by atoms with Gasteiger partial charge in [0.05, 0.1) is 6.54 Å². The van der Waals surface area contributed by atoms with Crippen LogP contribution >= 0.6 is 0 Å². The fourth-order valence-corrected chi connectivity index (χ4v) is 3.93. The standard InChI is InChI=1S/C26H42N2O/c1-22(2)13-7-5-11-18-27(19-12-6-8-14-23(3)4)26(29)28-20-17-24-15-9-10-16-25(24)21-28/h9-10,15-17,20,22-23H,5-8,11-14,18-19,21H2,1-4H3. The van der Waals surface area contributed by atoms with Gasteiger partial charge < -0.3 is 4.90 Å². The number of hydrogen-bond acceptors (Lipinski definition) is 1. The van der Waals surface area contributed by atoms with E-state index in [4.69, 9.17) is 0 Å². The molecule has 0 saturated heterocycles. The molecule has 0 spiro atoms. The molecule has 2 rings (SSSR count). The summed E-state index contributed by atoms with van der Waals surface area (Å²) in [6.07, 6.45) is 13.8. The summed E-state index contributed by atoms with van der Waals surface area (Å²) in [5.41, 5.74) is 2.46. The lowest BCUT2D eigenvalue weighted by Crippen LogP contribution is -2.42. The first-order valence-electron chi connectivity index (χ1n) is 11.8. The number of unbranched alkanes of at least 4 members (excludes halogenated alkanes) is 4. The largest absolute Gasteiger partial charge is 0.324 e. The number of amides is 2. The molecule has 1 heterocycles. The van der Waals surface area contributed by atoms with E-state index < -0.39 is 0 Å². The Morgan fingerprint density at radius 1 is 0.897 bits per heavy atom. The quantitative estimate of drug-likeness (QED) is 0.338. The average molecular weight is 399 g/mol. The van der Waals surface area contributed by atoms with Gasteiger partial charge >= 0.3 is 6.03 Å². The van der Waals surface area contributed by atoms with E-state index in [9.17, 15) is 4.79 Å². The minimum Gasteiger partial charge on any atom is -0.324 e. The minimum absolute atomic E-state index is 0.170. The van der Waals surface area contributed by atoms with Gasteiger partial charge in [-0.05, 0) is 41.9 Å². The lowest BCUT2D eigenvalue weighted by atomic mass is 10.0. The molecule has 1 aliphatic heterocycles. The van der Waals surface area contributed by atoms with Gasteiger partial charge in [0.1, 0.15) is 0 Å². The Labute approximate surface area is 179 Å². The van der Waals surface area contributed by atoms with E-state index in [0.717, 1.165) is 37.8 Å². The molecule has 0 aliphatic carbocycles. The van der Waals surface area contributed by atoms with Crippen molar-refractivity contribution in [3.8, 4) is 0 Å². The summed E-state index contributed by atoms with van der Waals surface area (Å²) in [6.45, 7) is 11.6. The third-order valence-corrected chi connectivity index (χ3v) is 5.77. The highest BCUT2D eigenvalue weighted by Gasteiger charge is 2.21. The molecule has 3 heteroatoms. The van der Waals surface area contributed by atoms with Crippen LogP contribution in [0.1, 0.15) is 90.2 Å². The van der Waals surface area contributed by atoms with Crippen molar-refractivity contribution in [2.45, 2.75) is 85.6 Å². The van der Waals surface area contributed by atoms with E-state index in [1.54, 1.807) is 0 Å². The molecule has 0 unspecified atom stereocenters. The Bertz CT molecular complexity index is 617. The maximum atomic E-state index is 13.3. The van der Waals surface area contributed by atoms with Crippen LogP contribution in [0.15, 0.2) is 30.5 Å². The second-order valence-corrected chi connectivity index (χ2v) is 9.40. The average Bonchev–Trinajstić information content (AvgIpc) is 2.70. The zero-order valence-electron chi connectivity index (χ0n) is 19.2. The van der Waals surface area contributed by atoms with E-state index in [1.807, 2.05) is 11.1 Å². The van der Waals surface area contributed by atoms with Crippen molar-refractivity contribution in [1.29, 1.82) is 0 Å². The van der Waals surface area contributed by atoms with Gasteiger partial charge in [-0.1, -0.05) is 90.5 Å². The highest BCUT2D eigenvalue weighted by molar-refractivity contribution is 5.77. The van der Waals surface area contributed by atoms with Gasteiger partial charge in [-0.25, -0.2) is 4.79 Å². The highest BCUT2D eigenvalue weighted by atomic mass is 16.2. The number of benzene rings is 1. The fraction of sp³-hybridized carbons (Fsp3) is 0.654. The van der Waals surface area contributed by atoms with Crippen LogP contribution < -0.4 is 0 Å². The lowest BCUT2D eigenvalue weighted by molar-refractivity contribution is 0.164. The summed E-state index contributed by atoms with van der Waals surface area (Å²) in [7, 11) is 0. The number of rotatable bonds is 12. The Morgan fingerprint density at radius 2 is 1.48 bits per heavy atom. The van der Waals surface area contributed by atoms with Crippen molar-refractivity contribution < 1.29 is 4.79 Å².